The minimum atomic E-state index is -0.351. The number of halogens is 2. The van der Waals surface area contributed by atoms with E-state index < -0.39 is 0 Å². The smallest absolute Gasteiger partial charge is 0.127 e. The molecule has 2 aromatic rings. The molecule has 4 heteroatoms. The Morgan fingerprint density at radius 3 is 2.85 bits per heavy atom. The number of benzene rings is 1. The van der Waals surface area contributed by atoms with E-state index in [-0.39, 0.29) is 5.82 Å². The van der Waals surface area contributed by atoms with E-state index in [0.717, 1.165) is 11.3 Å². The number of rotatable bonds is 0. The predicted octanol–water partition coefficient (Wildman–Crippen LogP) is 2.67. The zero-order valence-corrected chi connectivity index (χ0v) is 8.06. The van der Waals surface area contributed by atoms with Crippen LogP contribution in [0.1, 0.15) is 5.82 Å². The first-order valence-electron chi connectivity index (χ1n) is 3.87. The quantitative estimate of drug-likeness (QED) is 0.637. The van der Waals surface area contributed by atoms with Crippen LogP contribution >= 0.6 is 11.6 Å². The normalized spacial score (nSPS) is 11.1. The van der Waals surface area contributed by atoms with Crippen molar-refractivity contribution < 1.29 is 4.39 Å². The van der Waals surface area contributed by atoms with E-state index >= 15 is 0 Å². The topological polar surface area (TPSA) is 17.8 Å². The van der Waals surface area contributed by atoms with Gasteiger partial charge in [0.15, 0.2) is 0 Å². The van der Waals surface area contributed by atoms with Crippen molar-refractivity contribution in [1.29, 1.82) is 0 Å². The van der Waals surface area contributed by atoms with Crippen LogP contribution in [-0.4, -0.2) is 9.55 Å². The molecule has 1 aromatic heterocycles. The van der Waals surface area contributed by atoms with Gasteiger partial charge in [-0.25, -0.2) is 9.37 Å². The predicted molar refractivity (Wildman–Crippen MR) is 50.4 cm³/mol. The second-order valence-electron chi connectivity index (χ2n) is 2.97. The molecule has 0 radical (unpaired) electrons. The maximum Gasteiger partial charge on any atom is 0.127 e. The third kappa shape index (κ3) is 1.20. The molecule has 1 aromatic carbocycles. The molecular formula is C9H8ClFN2. The summed E-state index contributed by atoms with van der Waals surface area (Å²) in [7, 11) is 1.86. The van der Waals surface area contributed by atoms with Crippen molar-refractivity contribution in [3.8, 4) is 0 Å². The fraction of sp³-hybridized carbons (Fsp3) is 0.222. The Bertz CT molecular complexity index is 476. The zero-order valence-electron chi connectivity index (χ0n) is 7.31. The van der Waals surface area contributed by atoms with Gasteiger partial charge in [0.05, 0.1) is 16.1 Å². The van der Waals surface area contributed by atoms with Crippen LogP contribution in [0.3, 0.4) is 0 Å². The van der Waals surface area contributed by atoms with Crippen LogP contribution in [0.15, 0.2) is 12.1 Å². The van der Waals surface area contributed by atoms with Gasteiger partial charge in [0.25, 0.3) is 0 Å². The highest BCUT2D eigenvalue weighted by Gasteiger charge is 2.09. The van der Waals surface area contributed by atoms with Crippen molar-refractivity contribution in [2.75, 3.05) is 0 Å². The van der Waals surface area contributed by atoms with Crippen LogP contribution in [0, 0.1) is 12.7 Å². The monoisotopic (exact) mass is 198 g/mol. The van der Waals surface area contributed by atoms with Crippen LogP contribution in [0.25, 0.3) is 11.0 Å². The van der Waals surface area contributed by atoms with Crippen molar-refractivity contribution in [3.05, 3.63) is 28.8 Å². The lowest BCUT2D eigenvalue weighted by Crippen LogP contribution is -1.90. The van der Waals surface area contributed by atoms with Gasteiger partial charge in [-0.15, -0.1) is 0 Å². The van der Waals surface area contributed by atoms with Gasteiger partial charge in [-0.05, 0) is 13.0 Å². The highest BCUT2D eigenvalue weighted by atomic mass is 35.5. The Hall–Kier alpha value is -1.09. The second-order valence-corrected chi connectivity index (χ2v) is 3.38. The van der Waals surface area contributed by atoms with Crippen molar-refractivity contribution in [3.63, 3.8) is 0 Å². The highest BCUT2D eigenvalue weighted by Crippen LogP contribution is 2.24. The molecule has 0 saturated carbocycles. The molecule has 0 fully saturated rings. The van der Waals surface area contributed by atoms with E-state index in [1.54, 1.807) is 0 Å². The molecule has 0 aliphatic carbocycles. The lowest BCUT2D eigenvalue weighted by atomic mass is 10.3. The van der Waals surface area contributed by atoms with Crippen LogP contribution in [-0.2, 0) is 7.05 Å². The standard InChI is InChI=1S/C9H8ClFN2/c1-5-12-8-4-6(11)3-7(10)9(8)13(5)2/h3-4H,1-2H3. The number of aromatic nitrogens is 2. The molecule has 0 bridgehead atoms. The Balaban J connectivity index is 2.94. The van der Waals surface area contributed by atoms with E-state index in [9.17, 15) is 4.39 Å². The van der Waals surface area contributed by atoms with Crippen molar-refractivity contribution >= 4 is 22.6 Å². The first kappa shape index (κ1) is 8.51. The number of nitrogens with zero attached hydrogens (tertiary/aromatic N) is 2. The largest absolute Gasteiger partial charge is 0.330 e. The fourth-order valence-corrected chi connectivity index (χ4v) is 1.71. The maximum atomic E-state index is 12.9. The number of hydrogen-bond acceptors (Lipinski definition) is 1. The highest BCUT2D eigenvalue weighted by molar-refractivity contribution is 6.35. The van der Waals surface area contributed by atoms with E-state index in [2.05, 4.69) is 4.98 Å². The summed E-state index contributed by atoms with van der Waals surface area (Å²) in [6.07, 6.45) is 0. The SMILES string of the molecule is Cc1nc2cc(F)cc(Cl)c2n1C. The lowest BCUT2D eigenvalue weighted by Gasteiger charge is -1.98. The summed E-state index contributed by atoms with van der Waals surface area (Å²) in [6.45, 7) is 1.86. The molecule has 0 amide bonds. The minimum Gasteiger partial charge on any atom is -0.330 e. The summed E-state index contributed by atoms with van der Waals surface area (Å²) < 4.78 is 14.7. The maximum absolute atomic E-state index is 12.9. The molecular weight excluding hydrogens is 191 g/mol. The average molecular weight is 199 g/mol. The number of fused-ring (bicyclic) bond motifs is 1. The molecule has 0 aliphatic rings. The summed E-state index contributed by atoms with van der Waals surface area (Å²) >= 11 is 5.88. The lowest BCUT2D eigenvalue weighted by molar-refractivity contribution is 0.629. The molecule has 13 heavy (non-hydrogen) atoms. The zero-order chi connectivity index (χ0) is 9.59. The van der Waals surface area contributed by atoms with Gasteiger partial charge >= 0.3 is 0 Å². The molecule has 0 N–H and O–H groups in total. The van der Waals surface area contributed by atoms with Crippen LogP contribution in [0.5, 0.6) is 0 Å². The molecule has 1 heterocycles. The molecule has 68 valence electrons. The molecule has 2 nitrogen and oxygen atoms in total. The third-order valence-electron chi connectivity index (χ3n) is 2.11. The van der Waals surface area contributed by atoms with E-state index in [1.165, 1.54) is 12.1 Å². The minimum absolute atomic E-state index is 0.351. The van der Waals surface area contributed by atoms with Gasteiger partial charge in [-0.1, -0.05) is 11.6 Å². The van der Waals surface area contributed by atoms with Crippen LogP contribution in [0.2, 0.25) is 5.02 Å². The molecule has 0 spiro atoms. The third-order valence-corrected chi connectivity index (χ3v) is 2.40. The summed E-state index contributed by atoms with van der Waals surface area (Å²) in [5, 5.41) is 0.401. The van der Waals surface area contributed by atoms with Gasteiger partial charge in [-0.2, -0.15) is 0 Å². The number of aryl methyl sites for hydroxylation is 2. The van der Waals surface area contributed by atoms with Crippen LogP contribution < -0.4 is 0 Å². The molecule has 0 aliphatic heterocycles. The van der Waals surface area contributed by atoms with E-state index in [0.29, 0.717) is 10.5 Å². The Labute approximate surface area is 80.0 Å². The van der Waals surface area contributed by atoms with Gasteiger partial charge < -0.3 is 4.57 Å². The van der Waals surface area contributed by atoms with Crippen LogP contribution in [0.4, 0.5) is 4.39 Å². The van der Waals surface area contributed by atoms with Gasteiger partial charge in [-0.3, -0.25) is 0 Å². The second kappa shape index (κ2) is 2.70. The molecule has 0 unspecified atom stereocenters. The molecule has 0 atom stereocenters. The van der Waals surface area contributed by atoms with Crippen molar-refractivity contribution in [2.45, 2.75) is 6.92 Å². The van der Waals surface area contributed by atoms with Gasteiger partial charge in [0.1, 0.15) is 11.6 Å². The Kier molecular flexibility index (Phi) is 1.77. The van der Waals surface area contributed by atoms with Crippen molar-refractivity contribution in [2.24, 2.45) is 7.05 Å². The Morgan fingerprint density at radius 2 is 2.15 bits per heavy atom. The average Bonchev–Trinajstić information content (AvgIpc) is 2.27. The van der Waals surface area contributed by atoms with Gasteiger partial charge in [0.2, 0.25) is 0 Å². The van der Waals surface area contributed by atoms with Crippen molar-refractivity contribution in [1.82, 2.24) is 9.55 Å². The summed E-state index contributed by atoms with van der Waals surface area (Å²) in [4.78, 5) is 4.17. The first-order valence-corrected chi connectivity index (χ1v) is 4.25. The number of hydrogen-bond donors (Lipinski definition) is 0. The summed E-state index contributed by atoms with van der Waals surface area (Å²) in [6, 6.07) is 2.68. The molecule has 2 rings (SSSR count). The van der Waals surface area contributed by atoms with Gasteiger partial charge in [0, 0.05) is 13.1 Å². The summed E-state index contributed by atoms with van der Waals surface area (Å²) in [5.41, 5.74) is 1.38. The Morgan fingerprint density at radius 1 is 1.46 bits per heavy atom. The summed E-state index contributed by atoms with van der Waals surface area (Å²) in [5.74, 6) is 0.470. The fourth-order valence-electron chi connectivity index (χ4n) is 1.38. The first-order chi connectivity index (χ1) is 6.09. The van der Waals surface area contributed by atoms with E-state index in [1.807, 2.05) is 18.5 Å². The molecule has 0 saturated heterocycles. The number of imidazole rings is 1. The van der Waals surface area contributed by atoms with E-state index in [4.69, 9.17) is 11.6 Å².